The Bertz CT molecular complexity index is 2880. The van der Waals surface area contributed by atoms with Crippen LogP contribution in [0.15, 0.2) is 192 Å². The first-order valence-corrected chi connectivity index (χ1v) is 17.1. The molecule has 234 valence electrons. The molecule has 1 heterocycles. The summed E-state index contributed by atoms with van der Waals surface area (Å²) in [5.74, 6) is 0. The Morgan fingerprint density at radius 3 is 1.80 bits per heavy atom. The van der Waals surface area contributed by atoms with E-state index in [-0.39, 0.29) is 0 Å². The van der Waals surface area contributed by atoms with Crippen molar-refractivity contribution < 1.29 is 4.42 Å². The van der Waals surface area contributed by atoms with Gasteiger partial charge in [0.15, 0.2) is 0 Å². The molecular formula is C48H31NO. The summed E-state index contributed by atoms with van der Waals surface area (Å²) in [4.78, 5) is 2.40. The molecule has 10 aromatic rings. The third-order valence-electron chi connectivity index (χ3n) is 10.0. The van der Waals surface area contributed by atoms with Gasteiger partial charge < -0.3 is 9.32 Å². The number of hydrogen-bond acceptors (Lipinski definition) is 2. The standard InChI is InChI=1S/C48H31NO/c1-2-12-32(13-3-1)35-16-10-17-37(30-35)49(38-27-29-40-36(31-38)25-24-33-14-4-6-18-39(33)40)46-23-9-8-20-42(46)43-21-11-22-44-45-28-26-34-15-5-7-19-41(34)47(45)50-48(43)44/h1-31H. The minimum atomic E-state index is 0.897. The number of anilines is 3. The highest BCUT2D eigenvalue weighted by atomic mass is 16.3. The lowest BCUT2D eigenvalue weighted by Crippen LogP contribution is -2.11. The van der Waals surface area contributed by atoms with Crippen LogP contribution in [0.1, 0.15) is 0 Å². The van der Waals surface area contributed by atoms with E-state index < -0.39 is 0 Å². The maximum absolute atomic E-state index is 6.85. The van der Waals surface area contributed by atoms with Crippen LogP contribution < -0.4 is 4.90 Å². The highest BCUT2D eigenvalue weighted by Gasteiger charge is 2.21. The van der Waals surface area contributed by atoms with Crippen LogP contribution in [-0.2, 0) is 0 Å². The van der Waals surface area contributed by atoms with Gasteiger partial charge in [-0.1, -0.05) is 152 Å². The van der Waals surface area contributed by atoms with Crippen LogP contribution in [0.25, 0.3) is 76.5 Å². The molecule has 0 aliphatic rings. The zero-order valence-electron chi connectivity index (χ0n) is 27.3. The summed E-state index contributed by atoms with van der Waals surface area (Å²) in [7, 11) is 0. The van der Waals surface area contributed by atoms with Crippen LogP contribution in [0, 0.1) is 0 Å². The van der Waals surface area contributed by atoms with Gasteiger partial charge in [0.25, 0.3) is 0 Å². The van der Waals surface area contributed by atoms with Crippen molar-refractivity contribution >= 4 is 71.3 Å². The summed E-state index contributed by atoms with van der Waals surface area (Å²) < 4.78 is 6.85. The summed E-state index contributed by atoms with van der Waals surface area (Å²) in [6.45, 7) is 0. The Hall–Kier alpha value is -6.64. The second kappa shape index (κ2) is 11.5. The number of rotatable bonds is 5. The van der Waals surface area contributed by atoms with Crippen LogP contribution in [0.2, 0.25) is 0 Å². The fraction of sp³-hybridized carbons (Fsp3) is 0. The summed E-state index contributed by atoms with van der Waals surface area (Å²) in [6, 6.07) is 67.5. The molecule has 10 rings (SSSR count). The van der Waals surface area contributed by atoms with Crippen molar-refractivity contribution in [3.63, 3.8) is 0 Å². The second-order valence-electron chi connectivity index (χ2n) is 12.9. The van der Waals surface area contributed by atoms with E-state index in [0.29, 0.717) is 0 Å². The number of benzene rings is 9. The zero-order valence-corrected chi connectivity index (χ0v) is 27.3. The lowest BCUT2D eigenvalue weighted by atomic mass is 9.97. The SMILES string of the molecule is c1ccc(-c2cccc(N(c3ccc4c(ccc5ccccc54)c3)c3ccccc3-c3cccc4c3oc3c5ccccc5ccc43)c2)cc1. The van der Waals surface area contributed by atoms with Crippen molar-refractivity contribution in [3.05, 3.63) is 188 Å². The largest absolute Gasteiger partial charge is 0.455 e. The fourth-order valence-corrected chi connectivity index (χ4v) is 7.66. The first kappa shape index (κ1) is 28.4. The van der Waals surface area contributed by atoms with Gasteiger partial charge in [-0.3, -0.25) is 0 Å². The van der Waals surface area contributed by atoms with Gasteiger partial charge in [0.1, 0.15) is 11.2 Å². The third-order valence-corrected chi connectivity index (χ3v) is 10.0. The van der Waals surface area contributed by atoms with Crippen LogP contribution in [0.3, 0.4) is 0 Å². The first-order valence-electron chi connectivity index (χ1n) is 17.1. The van der Waals surface area contributed by atoms with Gasteiger partial charge in [-0.15, -0.1) is 0 Å². The molecular weight excluding hydrogens is 607 g/mol. The van der Waals surface area contributed by atoms with E-state index in [4.69, 9.17) is 4.42 Å². The Morgan fingerprint density at radius 1 is 0.320 bits per heavy atom. The first-order chi connectivity index (χ1) is 24.8. The number of nitrogens with zero attached hydrogens (tertiary/aromatic N) is 1. The molecule has 0 aliphatic heterocycles. The highest BCUT2D eigenvalue weighted by molar-refractivity contribution is 6.18. The second-order valence-corrected chi connectivity index (χ2v) is 12.9. The van der Waals surface area contributed by atoms with Gasteiger partial charge in [0, 0.05) is 38.7 Å². The van der Waals surface area contributed by atoms with Crippen molar-refractivity contribution in [1.82, 2.24) is 0 Å². The maximum atomic E-state index is 6.85. The minimum Gasteiger partial charge on any atom is -0.455 e. The van der Waals surface area contributed by atoms with Crippen LogP contribution in [-0.4, -0.2) is 0 Å². The van der Waals surface area contributed by atoms with Crippen LogP contribution in [0.5, 0.6) is 0 Å². The predicted octanol–water partition coefficient (Wildman–Crippen LogP) is 13.8. The van der Waals surface area contributed by atoms with Crippen LogP contribution >= 0.6 is 0 Å². The average molecular weight is 638 g/mol. The quantitative estimate of drug-likeness (QED) is 0.175. The van der Waals surface area contributed by atoms with Gasteiger partial charge in [-0.2, -0.15) is 0 Å². The highest BCUT2D eigenvalue weighted by Crippen LogP contribution is 2.46. The number of para-hydroxylation sites is 2. The predicted molar refractivity (Wildman–Crippen MR) is 212 cm³/mol. The molecule has 9 aromatic carbocycles. The Labute approximate surface area is 290 Å². The molecule has 1 aromatic heterocycles. The van der Waals surface area contributed by atoms with Crippen LogP contribution in [0.4, 0.5) is 17.1 Å². The maximum Gasteiger partial charge on any atom is 0.143 e. The van der Waals surface area contributed by atoms with Gasteiger partial charge in [0.05, 0.1) is 5.69 Å². The Kier molecular flexibility index (Phi) is 6.53. The molecule has 0 N–H and O–H groups in total. The molecule has 2 nitrogen and oxygen atoms in total. The van der Waals surface area contributed by atoms with E-state index in [9.17, 15) is 0 Å². The molecule has 2 heteroatoms. The smallest absolute Gasteiger partial charge is 0.143 e. The summed E-state index contributed by atoms with van der Waals surface area (Å²) >= 11 is 0. The summed E-state index contributed by atoms with van der Waals surface area (Å²) in [5, 5.41) is 9.51. The number of fused-ring (bicyclic) bond motifs is 8. The third kappa shape index (κ3) is 4.57. The molecule has 0 saturated heterocycles. The lowest BCUT2D eigenvalue weighted by Gasteiger charge is -2.28. The van der Waals surface area contributed by atoms with Gasteiger partial charge >= 0.3 is 0 Å². The monoisotopic (exact) mass is 637 g/mol. The Morgan fingerprint density at radius 2 is 0.900 bits per heavy atom. The van der Waals surface area contributed by atoms with Crippen molar-refractivity contribution in [2.24, 2.45) is 0 Å². The van der Waals surface area contributed by atoms with Crippen molar-refractivity contribution in [2.75, 3.05) is 4.90 Å². The van der Waals surface area contributed by atoms with Crippen molar-refractivity contribution in [3.8, 4) is 22.3 Å². The zero-order chi connectivity index (χ0) is 33.0. The van der Waals surface area contributed by atoms with E-state index in [1.807, 2.05) is 0 Å². The average Bonchev–Trinajstić information content (AvgIpc) is 3.58. The molecule has 0 atom stereocenters. The number of furan rings is 1. The van der Waals surface area contributed by atoms with E-state index in [0.717, 1.165) is 55.5 Å². The summed E-state index contributed by atoms with van der Waals surface area (Å²) in [5.41, 5.74) is 9.60. The minimum absolute atomic E-state index is 0.897. The molecule has 0 fully saturated rings. The molecule has 0 unspecified atom stereocenters. The van der Waals surface area contributed by atoms with Gasteiger partial charge in [-0.25, -0.2) is 0 Å². The van der Waals surface area contributed by atoms with Gasteiger partial charge in [0.2, 0.25) is 0 Å². The molecule has 0 bridgehead atoms. The van der Waals surface area contributed by atoms with E-state index >= 15 is 0 Å². The normalized spacial score (nSPS) is 11.6. The topological polar surface area (TPSA) is 16.4 Å². The van der Waals surface area contributed by atoms with Crippen molar-refractivity contribution in [2.45, 2.75) is 0 Å². The van der Waals surface area contributed by atoms with E-state index in [1.54, 1.807) is 0 Å². The molecule has 0 amide bonds. The Balaban J connectivity index is 1.22. The van der Waals surface area contributed by atoms with Crippen molar-refractivity contribution in [1.29, 1.82) is 0 Å². The van der Waals surface area contributed by atoms with E-state index in [1.165, 1.54) is 38.1 Å². The molecule has 0 saturated carbocycles. The molecule has 0 radical (unpaired) electrons. The lowest BCUT2D eigenvalue weighted by molar-refractivity contribution is 0.674. The molecule has 50 heavy (non-hydrogen) atoms. The summed E-state index contributed by atoms with van der Waals surface area (Å²) in [6.07, 6.45) is 0. The fourth-order valence-electron chi connectivity index (χ4n) is 7.66. The van der Waals surface area contributed by atoms with E-state index in [2.05, 4.69) is 193 Å². The molecule has 0 aliphatic carbocycles. The number of hydrogen-bond donors (Lipinski definition) is 0. The van der Waals surface area contributed by atoms with Gasteiger partial charge in [-0.05, 0) is 74.5 Å². The molecule has 0 spiro atoms.